The molecule has 1 fully saturated rings. The van der Waals surface area contributed by atoms with E-state index in [0.29, 0.717) is 5.92 Å². The number of ether oxygens (including phenoxy) is 1. The minimum Gasteiger partial charge on any atom is -0.381 e. The Bertz CT molecular complexity index is 491. The molecule has 6 nitrogen and oxygen atoms in total. The summed E-state index contributed by atoms with van der Waals surface area (Å²) in [5.41, 5.74) is 0.777. The summed E-state index contributed by atoms with van der Waals surface area (Å²) in [4.78, 5) is 4.30. The first-order valence-electron chi connectivity index (χ1n) is 5.89. The van der Waals surface area contributed by atoms with Crippen molar-refractivity contribution in [1.82, 2.24) is 19.6 Å². The Balaban J connectivity index is 1.69. The summed E-state index contributed by atoms with van der Waals surface area (Å²) < 4.78 is 7.20. The van der Waals surface area contributed by atoms with E-state index in [9.17, 15) is 0 Å². The summed E-state index contributed by atoms with van der Waals surface area (Å²) in [6.07, 6.45) is 7.50. The molecule has 0 saturated carbocycles. The zero-order valence-corrected chi connectivity index (χ0v) is 9.54. The molecule has 1 N–H and O–H groups in total. The molecule has 0 unspecified atom stereocenters. The van der Waals surface area contributed by atoms with Crippen LogP contribution in [0.2, 0.25) is 0 Å². The van der Waals surface area contributed by atoms with E-state index in [4.69, 9.17) is 4.74 Å². The Morgan fingerprint density at radius 1 is 1.41 bits per heavy atom. The molecule has 0 radical (unpaired) electrons. The summed E-state index contributed by atoms with van der Waals surface area (Å²) in [5, 5.41) is 11.3. The van der Waals surface area contributed by atoms with Crippen molar-refractivity contribution in [3.63, 3.8) is 0 Å². The van der Waals surface area contributed by atoms with Gasteiger partial charge in [0.2, 0.25) is 5.65 Å². The number of rotatable bonds is 3. The van der Waals surface area contributed by atoms with Crippen LogP contribution in [0.15, 0.2) is 18.7 Å². The van der Waals surface area contributed by atoms with Gasteiger partial charge in [-0.25, -0.2) is 4.98 Å². The van der Waals surface area contributed by atoms with Crippen molar-refractivity contribution >= 4 is 11.5 Å². The fraction of sp³-hybridized carbons (Fsp3) is 0.545. The number of hydrogen-bond donors (Lipinski definition) is 1. The lowest BCUT2D eigenvalue weighted by Crippen LogP contribution is -2.23. The first-order chi connectivity index (χ1) is 8.43. The summed E-state index contributed by atoms with van der Waals surface area (Å²) in [6, 6.07) is 0. The maximum absolute atomic E-state index is 5.34. The molecule has 90 valence electrons. The minimum absolute atomic E-state index is 0.661. The van der Waals surface area contributed by atoms with Crippen LogP contribution in [0.3, 0.4) is 0 Å². The first kappa shape index (κ1) is 10.5. The standard InChI is InChI=1S/C11H15N5O/c1-5-17-6-2-9(1)7-13-10-11-15-14-8-16(11)4-3-12-10/h3-4,8-9H,1-2,5-7H2,(H,12,13). The second-order valence-corrected chi connectivity index (χ2v) is 4.27. The van der Waals surface area contributed by atoms with Crippen LogP contribution in [0.25, 0.3) is 5.65 Å². The molecule has 2 aromatic rings. The molecule has 1 aliphatic rings. The number of hydrogen-bond acceptors (Lipinski definition) is 5. The van der Waals surface area contributed by atoms with E-state index in [2.05, 4.69) is 20.5 Å². The molecular formula is C11H15N5O. The van der Waals surface area contributed by atoms with Gasteiger partial charge < -0.3 is 10.1 Å². The predicted octanol–water partition coefficient (Wildman–Crippen LogP) is 0.963. The van der Waals surface area contributed by atoms with Crippen LogP contribution in [-0.4, -0.2) is 39.3 Å². The van der Waals surface area contributed by atoms with Gasteiger partial charge in [0.1, 0.15) is 6.33 Å². The smallest absolute Gasteiger partial charge is 0.203 e. The molecule has 0 atom stereocenters. The van der Waals surface area contributed by atoms with Crippen LogP contribution < -0.4 is 5.32 Å². The molecule has 0 aromatic carbocycles. The molecule has 0 aliphatic carbocycles. The van der Waals surface area contributed by atoms with Crippen LogP contribution in [0.5, 0.6) is 0 Å². The molecular weight excluding hydrogens is 218 g/mol. The van der Waals surface area contributed by atoms with Crippen molar-refractivity contribution in [2.45, 2.75) is 12.8 Å². The largest absolute Gasteiger partial charge is 0.381 e. The third-order valence-electron chi connectivity index (χ3n) is 3.11. The van der Waals surface area contributed by atoms with Crippen molar-refractivity contribution in [2.24, 2.45) is 5.92 Å². The molecule has 0 bridgehead atoms. The fourth-order valence-corrected chi connectivity index (χ4v) is 2.07. The van der Waals surface area contributed by atoms with Gasteiger partial charge in [-0.2, -0.15) is 0 Å². The number of fused-ring (bicyclic) bond motifs is 1. The third kappa shape index (κ3) is 2.21. The van der Waals surface area contributed by atoms with Crippen molar-refractivity contribution in [2.75, 3.05) is 25.1 Å². The van der Waals surface area contributed by atoms with Crippen LogP contribution in [0, 0.1) is 5.92 Å². The van der Waals surface area contributed by atoms with Gasteiger partial charge >= 0.3 is 0 Å². The van der Waals surface area contributed by atoms with E-state index < -0.39 is 0 Å². The van der Waals surface area contributed by atoms with Crippen LogP contribution >= 0.6 is 0 Å². The quantitative estimate of drug-likeness (QED) is 0.855. The molecule has 1 aliphatic heterocycles. The highest BCUT2D eigenvalue weighted by molar-refractivity contribution is 5.61. The summed E-state index contributed by atoms with van der Waals surface area (Å²) in [7, 11) is 0. The van der Waals surface area contributed by atoms with Gasteiger partial charge in [0.25, 0.3) is 0 Å². The second-order valence-electron chi connectivity index (χ2n) is 4.27. The molecule has 0 amide bonds. The van der Waals surface area contributed by atoms with Gasteiger partial charge in [-0.05, 0) is 18.8 Å². The zero-order valence-electron chi connectivity index (χ0n) is 9.54. The van der Waals surface area contributed by atoms with Gasteiger partial charge in [-0.1, -0.05) is 0 Å². The highest BCUT2D eigenvalue weighted by Crippen LogP contribution is 2.16. The average Bonchev–Trinajstić information content (AvgIpc) is 2.86. The summed E-state index contributed by atoms with van der Waals surface area (Å²) in [5.74, 6) is 1.46. The highest BCUT2D eigenvalue weighted by Gasteiger charge is 2.14. The molecule has 17 heavy (non-hydrogen) atoms. The van der Waals surface area contributed by atoms with E-state index in [1.54, 1.807) is 12.5 Å². The molecule has 0 spiro atoms. The molecule has 6 heteroatoms. The van der Waals surface area contributed by atoms with Gasteiger partial charge in [0, 0.05) is 32.2 Å². The zero-order chi connectivity index (χ0) is 11.5. The van der Waals surface area contributed by atoms with Crippen molar-refractivity contribution in [1.29, 1.82) is 0 Å². The number of aromatic nitrogens is 4. The van der Waals surface area contributed by atoms with Crippen LogP contribution in [0.4, 0.5) is 5.82 Å². The Labute approximate surface area is 99.0 Å². The molecule has 1 saturated heterocycles. The van der Waals surface area contributed by atoms with Crippen molar-refractivity contribution in [3.05, 3.63) is 18.7 Å². The van der Waals surface area contributed by atoms with E-state index in [1.807, 2.05) is 10.6 Å². The Morgan fingerprint density at radius 3 is 3.18 bits per heavy atom. The van der Waals surface area contributed by atoms with E-state index >= 15 is 0 Å². The number of nitrogens with one attached hydrogen (secondary N) is 1. The predicted molar refractivity (Wildman–Crippen MR) is 62.8 cm³/mol. The molecule has 3 rings (SSSR count). The Kier molecular flexibility index (Phi) is 2.87. The summed E-state index contributed by atoms with van der Waals surface area (Å²) >= 11 is 0. The number of anilines is 1. The summed E-state index contributed by atoms with van der Waals surface area (Å²) in [6.45, 7) is 2.66. The topological polar surface area (TPSA) is 64.3 Å². The minimum atomic E-state index is 0.661. The van der Waals surface area contributed by atoms with Gasteiger partial charge in [-0.15, -0.1) is 10.2 Å². The lowest BCUT2D eigenvalue weighted by Gasteiger charge is -2.22. The Hall–Kier alpha value is -1.69. The average molecular weight is 233 g/mol. The maximum atomic E-state index is 5.34. The first-order valence-corrected chi connectivity index (χ1v) is 5.89. The normalized spacial score (nSPS) is 17.4. The maximum Gasteiger partial charge on any atom is 0.203 e. The van der Waals surface area contributed by atoms with Gasteiger partial charge in [0.15, 0.2) is 5.82 Å². The third-order valence-corrected chi connectivity index (χ3v) is 3.11. The SMILES string of the molecule is c1cn2cnnc2c(NCC2CCOCC2)n1. The lowest BCUT2D eigenvalue weighted by atomic mass is 10.0. The van der Waals surface area contributed by atoms with Crippen molar-refractivity contribution in [3.8, 4) is 0 Å². The highest BCUT2D eigenvalue weighted by atomic mass is 16.5. The van der Waals surface area contributed by atoms with Gasteiger partial charge in [-0.3, -0.25) is 4.40 Å². The monoisotopic (exact) mass is 233 g/mol. The Morgan fingerprint density at radius 2 is 2.29 bits per heavy atom. The fourth-order valence-electron chi connectivity index (χ4n) is 2.07. The van der Waals surface area contributed by atoms with E-state index in [0.717, 1.165) is 44.1 Å². The second kappa shape index (κ2) is 4.67. The lowest BCUT2D eigenvalue weighted by molar-refractivity contribution is 0.0699. The van der Waals surface area contributed by atoms with Crippen LogP contribution in [0.1, 0.15) is 12.8 Å². The molecule has 3 heterocycles. The van der Waals surface area contributed by atoms with Crippen molar-refractivity contribution < 1.29 is 4.74 Å². The van der Waals surface area contributed by atoms with E-state index in [-0.39, 0.29) is 0 Å². The molecule has 2 aromatic heterocycles. The number of nitrogens with zero attached hydrogens (tertiary/aromatic N) is 4. The van der Waals surface area contributed by atoms with E-state index in [1.165, 1.54) is 0 Å². The van der Waals surface area contributed by atoms with Crippen LogP contribution in [-0.2, 0) is 4.74 Å². The van der Waals surface area contributed by atoms with Gasteiger partial charge in [0.05, 0.1) is 0 Å².